The lowest BCUT2D eigenvalue weighted by atomic mass is 10.1. The minimum Gasteiger partial charge on any atom is -0.493 e. The zero-order valence-corrected chi connectivity index (χ0v) is 22.0. The summed E-state index contributed by atoms with van der Waals surface area (Å²) in [5.41, 5.74) is 3.45. The molecule has 0 aliphatic carbocycles. The van der Waals surface area contributed by atoms with E-state index in [-0.39, 0.29) is 18.2 Å². The summed E-state index contributed by atoms with van der Waals surface area (Å²) in [6.07, 6.45) is 12.6. The van der Waals surface area contributed by atoms with Crippen molar-refractivity contribution in [3.8, 4) is 11.5 Å². The van der Waals surface area contributed by atoms with Gasteiger partial charge in [0, 0.05) is 6.42 Å². The standard InChI is InChI=1S/C29H39N3O5/c1-3-4-5-6-7-8-9-10-14-17-27(33)30-22-28(34)32-31-21-23-18-19-25(26(20-23)36-2)37-29(35)24-15-12-11-13-16-24/h11-13,15-16,18-21H,3-10,14,17,22H2,1-2H3,(H,30,33)(H,32,34)/b31-21-. The van der Waals surface area contributed by atoms with E-state index in [2.05, 4.69) is 22.8 Å². The fraction of sp³-hybridized carbons (Fsp3) is 0.448. The van der Waals surface area contributed by atoms with Crippen molar-refractivity contribution in [2.24, 2.45) is 5.10 Å². The van der Waals surface area contributed by atoms with E-state index in [4.69, 9.17) is 9.47 Å². The third kappa shape index (κ3) is 12.2. The molecule has 2 N–H and O–H groups in total. The van der Waals surface area contributed by atoms with E-state index in [1.54, 1.807) is 42.5 Å². The molecule has 8 nitrogen and oxygen atoms in total. The number of nitrogens with zero attached hydrogens (tertiary/aromatic N) is 1. The number of unbranched alkanes of at least 4 members (excludes halogenated alkanes) is 8. The monoisotopic (exact) mass is 509 g/mol. The zero-order valence-electron chi connectivity index (χ0n) is 22.0. The number of carbonyl (C=O) groups is 3. The Morgan fingerprint density at radius 3 is 2.19 bits per heavy atom. The molecule has 2 aromatic rings. The maximum atomic E-state index is 12.3. The van der Waals surface area contributed by atoms with Crippen molar-refractivity contribution < 1.29 is 23.9 Å². The van der Waals surface area contributed by atoms with E-state index >= 15 is 0 Å². The van der Waals surface area contributed by atoms with Crippen molar-refractivity contribution >= 4 is 24.0 Å². The van der Waals surface area contributed by atoms with Crippen LogP contribution in [-0.4, -0.2) is 37.7 Å². The van der Waals surface area contributed by atoms with Gasteiger partial charge in [0.15, 0.2) is 11.5 Å². The third-order valence-electron chi connectivity index (χ3n) is 5.76. The second-order valence-electron chi connectivity index (χ2n) is 8.81. The fourth-order valence-electron chi connectivity index (χ4n) is 3.66. The number of hydrogen-bond donors (Lipinski definition) is 2. The van der Waals surface area contributed by atoms with E-state index in [0.717, 1.165) is 19.3 Å². The van der Waals surface area contributed by atoms with Gasteiger partial charge in [0.25, 0.3) is 5.91 Å². The first-order valence-corrected chi connectivity index (χ1v) is 13.1. The molecule has 0 aromatic heterocycles. The van der Waals surface area contributed by atoms with Gasteiger partial charge in [0.2, 0.25) is 5.91 Å². The highest BCUT2D eigenvalue weighted by Crippen LogP contribution is 2.28. The summed E-state index contributed by atoms with van der Waals surface area (Å²) >= 11 is 0. The summed E-state index contributed by atoms with van der Waals surface area (Å²) in [5, 5.41) is 6.54. The molecule has 0 unspecified atom stereocenters. The number of esters is 1. The van der Waals surface area contributed by atoms with Gasteiger partial charge in [-0.3, -0.25) is 9.59 Å². The second-order valence-corrected chi connectivity index (χ2v) is 8.81. The largest absolute Gasteiger partial charge is 0.493 e. The number of benzene rings is 2. The molecule has 0 aliphatic rings. The third-order valence-corrected chi connectivity index (χ3v) is 5.76. The number of carbonyl (C=O) groups excluding carboxylic acids is 3. The number of amides is 2. The molecule has 0 saturated carbocycles. The second kappa shape index (κ2) is 17.7. The molecule has 0 spiro atoms. The van der Waals surface area contributed by atoms with Crippen LogP contribution in [0.2, 0.25) is 0 Å². The van der Waals surface area contributed by atoms with E-state index in [9.17, 15) is 14.4 Å². The average Bonchev–Trinajstić information content (AvgIpc) is 2.92. The van der Waals surface area contributed by atoms with Crippen LogP contribution in [0.4, 0.5) is 0 Å². The number of rotatable bonds is 17. The molecular formula is C29H39N3O5. The maximum Gasteiger partial charge on any atom is 0.343 e. The van der Waals surface area contributed by atoms with E-state index in [1.165, 1.54) is 51.8 Å². The molecule has 0 bridgehead atoms. The maximum absolute atomic E-state index is 12.3. The Kier molecular flexibility index (Phi) is 14.1. The average molecular weight is 510 g/mol. The molecule has 2 amide bonds. The van der Waals surface area contributed by atoms with Gasteiger partial charge in [-0.05, 0) is 42.3 Å². The SMILES string of the molecule is CCCCCCCCCCCC(=O)NCC(=O)N/N=C\c1ccc(OC(=O)c2ccccc2)c(OC)c1. The van der Waals surface area contributed by atoms with Gasteiger partial charge in [0.1, 0.15) is 0 Å². The van der Waals surface area contributed by atoms with Crippen molar-refractivity contribution in [1.82, 2.24) is 10.7 Å². The Morgan fingerprint density at radius 2 is 1.51 bits per heavy atom. The van der Waals surface area contributed by atoms with Crippen LogP contribution < -0.4 is 20.2 Å². The van der Waals surface area contributed by atoms with Crippen LogP contribution in [0.3, 0.4) is 0 Å². The normalized spacial score (nSPS) is 10.8. The van der Waals surface area contributed by atoms with Crippen LogP contribution in [0, 0.1) is 0 Å². The van der Waals surface area contributed by atoms with Crippen LogP contribution in [0.5, 0.6) is 11.5 Å². The molecule has 0 radical (unpaired) electrons. The van der Waals surface area contributed by atoms with Gasteiger partial charge in [-0.1, -0.05) is 76.5 Å². The number of ether oxygens (including phenoxy) is 2. The summed E-state index contributed by atoms with van der Waals surface area (Å²) in [5.74, 6) is -0.424. The van der Waals surface area contributed by atoms with Gasteiger partial charge in [-0.25, -0.2) is 10.2 Å². The number of hydrazone groups is 1. The van der Waals surface area contributed by atoms with Crippen molar-refractivity contribution in [2.75, 3.05) is 13.7 Å². The fourth-order valence-corrected chi connectivity index (χ4v) is 3.66. The van der Waals surface area contributed by atoms with E-state index in [1.807, 2.05) is 6.07 Å². The Morgan fingerprint density at radius 1 is 0.838 bits per heavy atom. The van der Waals surface area contributed by atoms with Gasteiger partial charge in [-0.15, -0.1) is 0 Å². The van der Waals surface area contributed by atoms with Gasteiger partial charge in [0.05, 0.1) is 25.4 Å². The highest BCUT2D eigenvalue weighted by atomic mass is 16.6. The topological polar surface area (TPSA) is 106 Å². The Hall–Kier alpha value is -3.68. The zero-order chi connectivity index (χ0) is 26.7. The van der Waals surface area contributed by atoms with Crippen molar-refractivity contribution in [2.45, 2.75) is 71.1 Å². The molecule has 0 heterocycles. The summed E-state index contributed by atoms with van der Waals surface area (Å²) < 4.78 is 10.7. The van der Waals surface area contributed by atoms with Gasteiger partial charge >= 0.3 is 5.97 Å². The lowest BCUT2D eigenvalue weighted by molar-refractivity contribution is -0.126. The predicted molar refractivity (Wildman–Crippen MR) is 145 cm³/mol. The lowest BCUT2D eigenvalue weighted by Gasteiger charge is -2.10. The minimum absolute atomic E-state index is 0.132. The first-order valence-electron chi connectivity index (χ1n) is 13.1. The quantitative estimate of drug-likeness (QED) is 0.0976. The van der Waals surface area contributed by atoms with Crippen LogP contribution in [0.15, 0.2) is 53.6 Å². The Bertz CT molecular complexity index is 1010. The smallest absolute Gasteiger partial charge is 0.343 e. The molecular weight excluding hydrogens is 470 g/mol. The van der Waals surface area contributed by atoms with E-state index in [0.29, 0.717) is 23.3 Å². The first-order chi connectivity index (χ1) is 18.0. The molecule has 0 fully saturated rings. The summed E-state index contributed by atoms with van der Waals surface area (Å²) in [6.45, 7) is 2.08. The van der Waals surface area contributed by atoms with Crippen molar-refractivity contribution in [3.63, 3.8) is 0 Å². The highest BCUT2D eigenvalue weighted by molar-refractivity contribution is 5.91. The summed E-state index contributed by atoms with van der Waals surface area (Å²) in [6, 6.07) is 13.6. The van der Waals surface area contributed by atoms with Gasteiger partial charge < -0.3 is 14.8 Å². The molecule has 37 heavy (non-hydrogen) atoms. The van der Waals surface area contributed by atoms with Crippen molar-refractivity contribution in [1.29, 1.82) is 0 Å². The summed E-state index contributed by atoms with van der Waals surface area (Å²) in [7, 11) is 1.47. The molecule has 0 aliphatic heterocycles. The molecule has 2 aromatic carbocycles. The van der Waals surface area contributed by atoms with Gasteiger partial charge in [-0.2, -0.15) is 5.10 Å². The Balaban J connectivity index is 1.66. The first kappa shape index (κ1) is 29.5. The van der Waals surface area contributed by atoms with Crippen LogP contribution in [-0.2, 0) is 9.59 Å². The van der Waals surface area contributed by atoms with Crippen molar-refractivity contribution in [3.05, 3.63) is 59.7 Å². The van der Waals surface area contributed by atoms with Crippen LogP contribution in [0.25, 0.3) is 0 Å². The molecule has 0 atom stereocenters. The molecule has 200 valence electrons. The summed E-state index contributed by atoms with van der Waals surface area (Å²) in [4.78, 5) is 36.2. The predicted octanol–water partition coefficient (Wildman–Crippen LogP) is 5.40. The van der Waals surface area contributed by atoms with E-state index < -0.39 is 11.9 Å². The molecule has 0 saturated heterocycles. The van der Waals surface area contributed by atoms with Crippen LogP contribution >= 0.6 is 0 Å². The number of hydrogen-bond acceptors (Lipinski definition) is 6. The highest BCUT2D eigenvalue weighted by Gasteiger charge is 2.12. The Labute approximate surface area is 219 Å². The lowest BCUT2D eigenvalue weighted by Crippen LogP contribution is -2.34. The number of methoxy groups -OCH3 is 1. The molecule has 2 rings (SSSR count). The minimum atomic E-state index is -0.493. The number of nitrogens with one attached hydrogen (secondary N) is 2. The van der Waals surface area contributed by atoms with Crippen LogP contribution in [0.1, 0.15) is 87.1 Å². The molecule has 8 heteroatoms.